The molecule has 1 aliphatic heterocycles. The Balaban J connectivity index is 2.69. The summed E-state index contributed by atoms with van der Waals surface area (Å²) in [5.74, 6) is 0.842. The Bertz CT molecular complexity index is 165. The highest BCUT2D eigenvalue weighted by atomic mass is 15.2. The smallest absolute Gasteiger partial charge is 0.0121 e. The van der Waals surface area contributed by atoms with Crippen molar-refractivity contribution >= 4 is 0 Å². The maximum atomic E-state index is 2.52. The van der Waals surface area contributed by atoms with Crippen molar-refractivity contribution in [3.8, 4) is 0 Å². The summed E-state index contributed by atoms with van der Waals surface area (Å²) in [4.78, 5) is 2.52. The van der Waals surface area contributed by atoms with Crippen LogP contribution in [0.3, 0.4) is 0 Å². The minimum Gasteiger partial charge on any atom is -0.303 e. The van der Waals surface area contributed by atoms with E-state index in [0.717, 1.165) is 12.0 Å². The van der Waals surface area contributed by atoms with Crippen molar-refractivity contribution in [1.29, 1.82) is 0 Å². The summed E-state index contributed by atoms with van der Waals surface area (Å²) in [5.41, 5.74) is 0.614. The molecule has 1 saturated heterocycles. The van der Waals surface area contributed by atoms with Crippen LogP contribution in [0.2, 0.25) is 0 Å². The Hall–Kier alpha value is -0.0400. The largest absolute Gasteiger partial charge is 0.303 e. The van der Waals surface area contributed by atoms with Gasteiger partial charge in [-0.15, -0.1) is 0 Å². The van der Waals surface area contributed by atoms with Gasteiger partial charge in [0.2, 0.25) is 0 Å². The van der Waals surface area contributed by atoms with Crippen LogP contribution >= 0.6 is 0 Å². The monoisotopic (exact) mass is 183 g/mol. The molecule has 0 spiro atoms. The molecule has 1 heterocycles. The SMILES string of the molecule is CCC1(CC(C)C)CCN(C)C1C. The number of rotatable bonds is 3. The lowest BCUT2D eigenvalue weighted by molar-refractivity contribution is 0.151. The molecule has 0 amide bonds. The Morgan fingerprint density at radius 1 is 1.46 bits per heavy atom. The van der Waals surface area contributed by atoms with Crippen molar-refractivity contribution in [3.63, 3.8) is 0 Å². The molecule has 1 nitrogen and oxygen atoms in total. The highest BCUT2D eigenvalue weighted by molar-refractivity contribution is 4.95. The van der Waals surface area contributed by atoms with Gasteiger partial charge in [0.05, 0.1) is 0 Å². The third kappa shape index (κ3) is 2.07. The lowest BCUT2D eigenvalue weighted by Gasteiger charge is -2.35. The molecule has 0 N–H and O–H groups in total. The lowest BCUT2D eigenvalue weighted by Crippen LogP contribution is -2.35. The van der Waals surface area contributed by atoms with Crippen LogP contribution in [0.4, 0.5) is 0 Å². The molecule has 2 atom stereocenters. The number of hydrogen-bond acceptors (Lipinski definition) is 1. The van der Waals surface area contributed by atoms with Gasteiger partial charge >= 0.3 is 0 Å². The zero-order valence-corrected chi connectivity index (χ0v) is 9.93. The maximum absolute atomic E-state index is 2.52. The average Bonchev–Trinajstić information content (AvgIpc) is 2.33. The van der Waals surface area contributed by atoms with E-state index in [1.807, 2.05) is 0 Å². The van der Waals surface area contributed by atoms with Gasteiger partial charge < -0.3 is 4.90 Å². The summed E-state index contributed by atoms with van der Waals surface area (Å²) >= 11 is 0. The molecule has 0 aromatic carbocycles. The third-order valence-electron chi connectivity index (χ3n) is 4.03. The van der Waals surface area contributed by atoms with E-state index < -0.39 is 0 Å². The van der Waals surface area contributed by atoms with Gasteiger partial charge in [-0.1, -0.05) is 20.8 Å². The molecular weight excluding hydrogens is 158 g/mol. The van der Waals surface area contributed by atoms with Gasteiger partial charge in [-0.3, -0.25) is 0 Å². The molecular formula is C12H25N. The Labute approximate surface area is 83.5 Å². The average molecular weight is 183 g/mol. The first-order valence-electron chi connectivity index (χ1n) is 5.72. The molecule has 1 aliphatic rings. The standard InChI is InChI=1S/C12H25N/c1-6-12(9-10(2)3)7-8-13(5)11(12)4/h10-11H,6-9H2,1-5H3. The molecule has 0 saturated carbocycles. The molecule has 0 aromatic rings. The van der Waals surface area contributed by atoms with Crippen LogP contribution in [0.25, 0.3) is 0 Å². The number of nitrogens with zero attached hydrogens (tertiary/aromatic N) is 1. The summed E-state index contributed by atoms with van der Waals surface area (Å²) in [7, 11) is 2.27. The van der Waals surface area contributed by atoms with Gasteiger partial charge in [0.1, 0.15) is 0 Å². The molecule has 1 rings (SSSR count). The van der Waals surface area contributed by atoms with E-state index in [-0.39, 0.29) is 0 Å². The Morgan fingerprint density at radius 3 is 2.38 bits per heavy atom. The minimum absolute atomic E-state index is 0.614. The van der Waals surface area contributed by atoms with Crippen molar-refractivity contribution < 1.29 is 0 Å². The summed E-state index contributed by atoms with van der Waals surface area (Å²) in [6, 6.07) is 0.778. The number of hydrogen-bond donors (Lipinski definition) is 0. The Morgan fingerprint density at radius 2 is 2.08 bits per heavy atom. The summed E-state index contributed by atoms with van der Waals surface area (Å²) in [6.45, 7) is 10.8. The lowest BCUT2D eigenvalue weighted by atomic mass is 9.72. The van der Waals surface area contributed by atoms with E-state index in [1.54, 1.807) is 0 Å². The van der Waals surface area contributed by atoms with E-state index in [2.05, 4.69) is 39.6 Å². The summed E-state index contributed by atoms with van der Waals surface area (Å²) in [6.07, 6.45) is 4.14. The molecule has 0 aliphatic carbocycles. The maximum Gasteiger partial charge on any atom is 0.0121 e. The van der Waals surface area contributed by atoms with Crippen LogP contribution in [0.15, 0.2) is 0 Å². The quantitative estimate of drug-likeness (QED) is 0.649. The molecule has 13 heavy (non-hydrogen) atoms. The number of likely N-dealkylation sites (tertiary alicyclic amines) is 1. The molecule has 78 valence electrons. The van der Waals surface area contributed by atoms with E-state index in [1.165, 1.54) is 25.8 Å². The van der Waals surface area contributed by atoms with Gasteiger partial charge in [-0.2, -0.15) is 0 Å². The van der Waals surface area contributed by atoms with E-state index in [0.29, 0.717) is 5.41 Å². The van der Waals surface area contributed by atoms with Crippen LogP contribution in [0, 0.1) is 11.3 Å². The summed E-state index contributed by atoms with van der Waals surface area (Å²) < 4.78 is 0. The van der Waals surface area contributed by atoms with Crippen molar-refractivity contribution in [2.75, 3.05) is 13.6 Å². The van der Waals surface area contributed by atoms with Crippen LogP contribution in [0.1, 0.15) is 47.0 Å². The van der Waals surface area contributed by atoms with Crippen LogP contribution in [-0.4, -0.2) is 24.5 Å². The first-order chi connectivity index (χ1) is 6.02. The molecule has 1 heteroatoms. The van der Waals surface area contributed by atoms with E-state index in [9.17, 15) is 0 Å². The van der Waals surface area contributed by atoms with Crippen molar-refractivity contribution in [2.45, 2.75) is 53.0 Å². The second-order valence-corrected chi connectivity index (χ2v) is 5.22. The predicted octanol–water partition coefficient (Wildman–Crippen LogP) is 3.15. The normalized spacial score (nSPS) is 36.0. The van der Waals surface area contributed by atoms with Gasteiger partial charge in [-0.25, -0.2) is 0 Å². The van der Waals surface area contributed by atoms with Crippen molar-refractivity contribution in [3.05, 3.63) is 0 Å². The predicted molar refractivity (Wildman–Crippen MR) is 58.9 cm³/mol. The van der Waals surface area contributed by atoms with Crippen molar-refractivity contribution in [2.24, 2.45) is 11.3 Å². The van der Waals surface area contributed by atoms with Gasteiger partial charge in [0, 0.05) is 6.04 Å². The van der Waals surface area contributed by atoms with Gasteiger partial charge in [0.25, 0.3) is 0 Å². The highest BCUT2D eigenvalue weighted by Crippen LogP contribution is 2.43. The van der Waals surface area contributed by atoms with Crippen molar-refractivity contribution in [1.82, 2.24) is 4.90 Å². The minimum atomic E-state index is 0.614. The van der Waals surface area contributed by atoms with Crippen LogP contribution in [-0.2, 0) is 0 Å². The fourth-order valence-corrected chi connectivity index (χ4v) is 2.97. The third-order valence-corrected chi connectivity index (χ3v) is 4.03. The summed E-state index contributed by atoms with van der Waals surface area (Å²) in [5, 5.41) is 0. The first kappa shape index (κ1) is 11.0. The van der Waals surface area contributed by atoms with Gasteiger partial charge in [0.15, 0.2) is 0 Å². The fraction of sp³-hybridized carbons (Fsp3) is 1.00. The van der Waals surface area contributed by atoms with E-state index in [4.69, 9.17) is 0 Å². The molecule has 0 bridgehead atoms. The molecule has 0 aromatic heterocycles. The second kappa shape index (κ2) is 4.00. The molecule has 0 radical (unpaired) electrons. The zero-order valence-electron chi connectivity index (χ0n) is 9.93. The zero-order chi connectivity index (χ0) is 10.1. The van der Waals surface area contributed by atoms with Crippen LogP contribution in [0.5, 0.6) is 0 Å². The molecule has 2 unspecified atom stereocenters. The first-order valence-corrected chi connectivity index (χ1v) is 5.72. The Kier molecular flexibility index (Phi) is 3.39. The van der Waals surface area contributed by atoms with Crippen LogP contribution < -0.4 is 0 Å². The van der Waals surface area contributed by atoms with E-state index >= 15 is 0 Å². The highest BCUT2D eigenvalue weighted by Gasteiger charge is 2.41. The molecule has 1 fully saturated rings. The van der Waals surface area contributed by atoms with Gasteiger partial charge in [-0.05, 0) is 51.1 Å². The topological polar surface area (TPSA) is 3.24 Å². The fourth-order valence-electron chi connectivity index (χ4n) is 2.97. The second-order valence-electron chi connectivity index (χ2n) is 5.22.